The van der Waals surface area contributed by atoms with Crippen LogP contribution in [0.1, 0.15) is 44.3 Å². The van der Waals surface area contributed by atoms with Crippen LogP contribution in [-0.4, -0.2) is 27.4 Å². The highest BCUT2D eigenvalue weighted by atomic mass is 15.3. The Balaban J connectivity index is 1.98. The summed E-state index contributed by atoms with van der Waals surface area (Å²) in [4.78, 5) is 4.56. The molecule has 1 N–H and O–H groups in total. The molecular formula is C12H22N4. The first-order valence-corrected chi connectivity index (χ1v) is 6.41. The van der Waals surface area contributed by atoms with Crippen molar-refractivity contribution in [3.05, 3.63) is 11.6 Å². The van der Waals surface area contributed by atoms with Crippen LogP contribution in [0.3, 0.4) is 0 Å². The van der Waals surface area contributed by atoms with Crippen LogP contribution in [0.15, 0.2) is 0 Å². The minimum Gasteiger partial charge on any atom is -0.314 e. The lowest BCUT2D eigenvalue weighted by Gasteiger charge is -2.14. The average Bonchev–Trinajstić information content (AvgIpc) is 2.51. The van der Waals surface area contributed by atoms with E-state index in [9.17, 15) is 0 Å². The van der Waals surface area contributed by atoms with Gasteiger partial charge in [0.25, 0.3) is 0 Å². The van der Waals surface area contributed by atoms with Gasteiger partial charge in [-0.15, -0.1) is 0 Å². The van der Waals surface area contributed by atoms with Crippen molar-refractivity contribution in [2.24, 2.45) is 7.05 Å². The molecule has 1 atom stereocenters. The van der Waals surface area contributed by atoms with E-state index < -0.39 is 0 Å². The molecule has 0 bridgehead atoms. The summed E-state index contributed by atoms with van der Waals surface area (Å²) in [7, 11) is 2.00. The molecule has 2 rings (SSSR count). The van der Waals surface area contributed by atoms with Gasteiger partial charge in [-0.3, -0.25) is 4.68 Å². The molecule has 1 saturated heterocycles. The Labute approximate surface area is 97.5 Å². The lowest BCUT2D eigenvalue weighted by Crippen LogP contribution is -2.31. The maximum atomic E-state index is 4.56. The second-order valence-electron chi connectivity index (χ2n) is 4.63. The summed E-state index contributed by atoms with van der Waals surface area (Å²) >= 11 is 0. The zero-order valence-electron chi connectivity index (χ0n) is 10.4. The molecule has 0 amide bonds. The third-order valence-corrected chi connectivity index (χ3v) is 3.30. The maximum Gasteiger partial charge on any atom is 0.150 e. The van der Waals surface area contributed by atoms with Crippen LogP contribution in [0, 0.1) is 0 Å². The Hall–Kier alpha value is -0.900. The number of rotatable bonds is 3. The normalized spacial score (nSPS) is 22.0. The lowest BCUT2D eigenvalue weighted by molar-refractivity contribution is 0.487. The van der Waals surface area contributed by atoms with Gasteiger partial charge in [0, 0.05) is 25.9 Å². The van der Waals surface area contributed by atoms with E-state index in [-0.39, 0.29) is 0 Å². The molecular weight excluding hydrogens is 200 g/mol. The van der Waals surface area contributed by atoms with Gasteiger partial charge >= 0.3 is 0 Å². The van der Waals surface area contributed by atoms with E-state index in [1.165, 1.54) is 25.7 Å². The Morgan fingerprint density at radius 2 is 2.25 bits per heavy atom. The monoisotopic (exact) mass is 222 g/mol. The fourth-order valence-corrected chi connectivity index (χ4v) is 2.30. The molecule has 0 radical (unpaired) electrons. The van der Waals surface area contributed by atoms with E-state index in [0.717, 1.165) is 31.0 Å². The van der Waals surface area contributed by atoms with Gasteiger partial charge in [-0.05, 0) is 19.4 Å². The van der Waals surface area contributed by atoms with E-state index in [1.807, 2.05) is 11.7 Å². The molecule has 1 aromatic rings. The van der Waals surface area contributed by atoms with Gasteiger partial charge in [-0.25, -0.2) is 4.98 Å². The van der Waals surface area contributed by atoms with Crippen molar-refractivity contribution in [1.82, 2.24) is 20.1 Å². The molecule has 1 unspecified atom stereocenters. The molecule has 1 fully saturated rings. The number of hydrogen-bond acceptors (Lipinski definition) is 3. The molecule has 4 heteroatoms. The molecule has 0 aliphatic carbocycles. The maximum absolute atomic E-state index is 4.56. The Morgan fingerprint density at radius 1 is 1.38 bits per heavy atom. The highest BCUT2D eigenvalue weighted by molar-refractivity contribution is 4.95. The largest absolute Gasteiger partial charge is 0.314 e. The third kappa shape index (κ3) is 2.82. The van der Waals surface area contributed by atoms with Gasteiger partial charge in [-0.2, -0.15) is 5.10 Å². The van der Waals surface area contributed by atoms with Gasteiger partial charge in [-0.1, -0.05) is 19.8 Å². The van der Waals surface area contributed by atoms with Gasteiger partial charge in [0.05, 0.1) is 0 Å². The SMILES string of the molecule is CCc1nc(CC2CCCCCN2)n(C)n1. The minimum atomic E-state index is 0.593. The molecule has 1 aromatic heterocycles. The molecule has 16 heavy (non-hydrogen) atoms. The zero-order chi connectivity index (χ0) is 11.4. The van der Waals surface area contributed by atoms with Crippen molar-refractivity contribution in [3.63, 3.8) is 0 Å². The van der Waals surface area contributed by atoms with Crippen LogP contribution < -0.4 is 5.32 Å². The van der Waals surface area contributed by atoms with Gasteiger partial charge in [0.1, 0.15) is 5.82 Å². The molecule has 0 saturated carbocycles. The van der Waals surface area contributed by atoms with Gasteiger partial charge in [0.15, 0.2) is 5.82 Å². The van der Waals surface area contributed by atoms with Crippen LogP contribution in [0.25, 0.3) is 0 Å². The van der Waals surface area contributed by atoms with Crippen molar-refractivity contribution in [2.45, 2.75) is 51.5 Å². The summed E-state index contributed by atoms with van der Waals surface area (Å²) in [5, 5.41) is 8.00. The number of hydrogen-bond donors (Lipinski definition) is 1. The van der Waals surface area contributed by atoms with Crippen molar-refractivity contribution in [1.29, 1.82) is 0 Å². The first kappa shape index (κ1) is 11.6. The molecule has 90 valence electrons. The van der Waals surface area contributed by atoms with Crippen molar-refractivity contribution < 1.29 is 0 Å². The second-order valence-corrected chi connectivity index (χ2v) is 4.63. The van der Waals surface area contributed by atoms with E-state index in [1.54, 1.807) is 0 Å². The molecule has 2 heterocycles. The Kier molecular flexibility index (Phi) is 3.93. The second kappa shape index (κ2) is 5.43. The predicted octanol–water partition coefficient (Wildman–Crippen LogP) is 1.45. The van der Waals surface area contributed by atoms with Crippen LogP contribution in [0.2, 0.25) is 0 Å². The standard InChI is InChI=1S/C12H22N4/c1-3-11-14-12(16(2)15-11)9-10-7-5-4-6-8-13-10/h10,13H,3-9H2,1-2H3. The molecule has 1 aliphatic rings. The molecule has 0 aromatic carbocycles. The summed E-state index contributed by atoms with van der Waals surface area (Å²) < 4.78 is 1.94. The van der Waals surface area contributed by atoms with Crippen LogP contribution in [-0.2, 0) is 19.9 Å². The number of nitrogens with zero attached hydrogens (tertiary/aromatic N) is 3. The van der Waals surface area contributed by atoms with Crippen LogP contribution >= 0.6 is 0 Å². The number of aromatic nitrogens is 3. The zero-order valence-corrected chi connectivity index (χ0v) is 10.4. The summed E-state index contributed by atoms with van der Waals surface area (Å²) in [5.74, 6) is 2.09. The molecule has 1 aliphatic heterocycles. The smallest absolute Gasteiger partial charge is 0.150 e. The third-order valence-electron chi connectivity index (χ3n) is 3.30. The fraction of sp³-hybridized carbons (Fsp3) is 0.833. The van der Waals surface area contributed by atoms with Crippen LogP contribution in [0.4, 0.5) is 0 Å². The van der Waals surface area contributed by atoms with Crippen molar-refractivity contribution in [3.8, 4) is 0 Å². The Bertz CT molecular complexity index is 324. The summed E-state index contributed by atoms with van der Waals surface area (Å²) in [6, 6.07) is 0.593. The minimum absolute atomic E-state index is 0.593. The topological polar surface area (TPSA) is 42.7 Å². The lowest BCUT2D eigenvalue weighted by atomic mass is 10.1. The fourth-order valence-electron chi connectivity index (χ4n) is 2.30. The first-order valence-electron chi connectivity index (χ1n) is 6.41. The summed E-state index contributed by atoms with van der Waals surface area (Å²) in [6.45, 7) is 3.26. The van der Waals surface area contributed by atoms with E-state index >= 15 is 0 Å². The number of aryl methyl sites for hydroxylation is 2. The van der Waals surface area contributed by atoms with E-state index in [4.69, 9.17) is 0 Å². The van der Waals surface area contributed by atoms with Crippen molar-refractivity contribution in [2.75, 3.05) is 6.54 Å². The van der Waals surface area contributed by atoms with Crippen molar-refractivity contribution >= 4 is 0 Å². The van der Waals surface area contributed by atoms with Gasteiger partial charge < -0.3 is 5.32 Å². The summed E-state index contributed by atoms with van der Waals surface area (Å²) in [6.07, 6.45) is 7.23. The first-order chi connectivity index (χ1) is 7.79. The average molecular weight is 222 g/mol. The number of nitrogens with one attached hydrogen (secondary N) is 1. The Morgan fingerprint density at radius 3 is 3.00 bits per heavy atom. The van der Waals surface area contributed by atoms with Gasteiger partial charge in [0.2, 0.25) is 0 Å². The highest BCUT2D eigenvalue weighted by Gasteiger charge is 2.15. The summed E-state index contributed by atoms with van der Waals surface area (Å²) in [5.41, 5.74) is 0. The molecule has 4 nitrogen and oxygen atoms in total. The predicted molar refractivity (Wildman–Crippen MR) is 64.3 cm³/mol. The highest BCUT2D eigenvalue weighted by Crippen LogP contribution is 2.12. The van der Waals surface area contributed by atoms with E-state index in [0.29, 0.717) is 6.04 Å². The van der Waals surface area contributed by atoms with Crippen LogP contribution in [0.5, 0.6) is 0 Å². The molecule has 0 spiro atoms. The quantitative estimate of drug-likeness (QED) is 0.842. The van der Waals surface area contributed by atoms with E-state index in [2.05, 4.69) is 22.3 Å².